The minimum Gasteiger partial charge on any atom is -0.494 e. The predicted molar refractivity (Wildman–Crippen MR) is 167 cm³/mol. The maximum absolute atomic E-state index is 15.2. The number of rotatable bonds is 8. The van der Waals surface area contributed by atoms with E-state index in [0.717, 1.165) is 0 Å². The molecule has 0 radical (unpaired) electrons. The van der Waals surface area contributed by atoms with E-state index in [9.17, 15) is 23.5 Å². The first-order valence-corrected chi connectivity index (χ1v) is 14.6. The smallest absolute Gasteiger partial charge is 0.251 e. The van der Waals surface area contributed by atoms with Gasteiger partial charge in [0.05, 0.1) is 24.4 Å². The van der Waals surface area contributed by atoms with Crippen LogP contribution in [0.5, 0.6) is 11.5 Å². The molecule has 2 aromatic heterocycles. The fourth-order valence-electron chi connectivity index (χ4n) is 5.53. The van der Waals surface area contributed by atoms with Gasteiger partial charge in [-0.05, 0) is 42.8 Å². The third-order valence-electron chi connectivity index (χ3n) is 8.26. The lowest BCUT2D eigenvalue weighted by Gasteiger charge is -2.30. The lowest BCUT2D eigenvalue weighted by molar-refractivity contribution is -0.123. The standard InChI is InChI=1S/C34H26ClF3N4O5/c1-33(32(39)44)16-47-30-22(33)12-27(42-29(30)21-11-24(37)25(38)13-23(21)36)34(45,19-6-4-3-5-7-19)15-41-31(43)18-8-17-9-20(35)14-40-28(17)26(10-18)46-2/h3-14,45H,15-16H2,1-2H3,(H2,39,44)(H,41,43)/t33-,34+/m0/s1. The molecule has 0 bridgehead atoms. The summed E-state index contributed by atoms with van der Waals surface area (Å²) in [5.41, 5.74) is 2.26. The monoisotopic (exact) mass is 662 g/mol. The maximum Gasteiger partial charge on any atom is 0.251 e. The van der Waals surface area contributed by atoms with E-state index in [0.29, 0.717) is 33.8 Å². The van der Waals surface area contributed by atoms with E-state index in [2.05, 4.69) is 15.3 Å². The molecule has 4 N–H and O–H groups in total. The van der Waals surface area contributed by atoms with E-state index in [1.165, 1.54) is 32.4 Å². The van der Waals surface area contributed by atoms with Crippen LogP contribution >= 0.6 is 11.6 Å². The Labute approximate surface area is 271 Å². The Morgan fingerprint density at radius 1 is 1.09 bits per heavy atom. The highest BCUT2D eigenvalue weighted by Crippen LogP contribution is 2.47. The number of nitrogens with two attached hydrogens (primary N) is 1. The molecule has 2 amide bonds. The molecule has 13 heteroatoms. The van der Waals surface area contributed by atoms with Crippen LogP contribution in [0.4, 0.5) is 13.2 Å². The van der Waals surface area contributed by atoms with Crippen molar-refractivity contribution >= 4 is 34.3 Å². The number of hydrogen-bond acceptors (Lipinski definition) is 7. The Morgan fingerprint density at radius 3 is 2.51 bits per heavy atom. The van der Waals surface area contributed by atoms with Crippen molar-refractivity contribution in [1.29, 1.82) is 0 Å². The molecule has 0 unspecified atom stereocenters. The van der Waals surface area contributed by atoms with Gasteiger partial charge in [-0.25, -0.2) is 18.2 Å². The van der Waals surface area contributed by atoms with Crippen LogP contribution in [-0.4, -0.2) is 47.2 Å². The molecule has 0 saturated heterocycles. The highest BCUT2D eigenvalue weighted by molar-refractivity contribution is 6.31. The number of halogens is 4. The van der Waals surface area contributed by atoms with Crippen LogP contribution in [0, 0.1) is 17.5 Å². The van der Waals surface area contributed by atoms with Crippen molar-refractivity contribution in [3.63, 3.8) is 0 Å². The Morgan fingerprint density at radius 2 is 1.81 bits per heavy atom. The second-order valence-electron chi connectivity index (χ2n) is 11.3. The van der Waals surface area contributed by atoms with Crippen molar-refractivity contribution < 1.29 is 37.3 Å². The number of nitrogens with zero attached hydrogens (tertiary/aromatic N) is 2. The summed E-state index contributed by atoms with van der Waals surface area (Å²) in [5.74, 6) is -5.12. The van der Waals surface area contributed by atoms with Gasteiger partial charge in [0, 0.05) is 34.3 Å². The second kappa shape index (κ2) is 11.9. The van der Waals surface area contributed by atoms with Gasteiger partial charge in [-0.2, -0.15) is 0 Å². The number of pyridine rings is 2. The number of benzene rings is 3. The lowest BCUT2D eigenvalue weighted by Crippen LogP contribution is -2.43. The number of methoxy groups -OCH3 is 1. The molecule has 0 spiro atoms. The van der Waals surface area contributed by atoms with E-state index in [1.54, 1.807) is 42.5 Å². The van der Waals surface area contributed by atoms with E-state index < -0.39 is 52.4 Å². The molecule has 1 aliphatic heterocycles. The number of hydrogen-bond donors (Lipinski definition) is 3. The molecule has 9 nitrogen and oxygen atoms in total. The minimum atomic E-state index is -2.12. The Hall–Kier alpha value is -5.20. The fraction of sp³-hybridized carbons (Fsp3) is 0.176. The number of amides is 2. The van der Waals surface area contributed by atoms with Crippen LogP contribution in [0.2, 0.25) is 5.02 Å². The molecule has 6 rings (SSSR count). The topological polar surface area (TPSA) is 137 Å². The second-order valence-corrected chi connectivity index (χ2v) is 11.7. The zero-order chi connectivity index (χ0) is 33.7. The molecule has 240 valence electrons. The van der Waals surface area contributed by atoms with E-state index >= 15 is 4.39 Å². The van der Waals surface area contributed by atoms with Crippen LogP contribution in [0.15, 0.2) is 72.9 Å². The Kier molecular flexibility index (Phi) is 8.02. The highest BCUT2D eigenvalue weighted by atomic mass is 35.5. The number of ether oxygens (including phenoxy) is 2. The van der Waals surface area contributed by atoms with E-state index in [4.69, 9.17) is 26.8 Å². The largest absolute Gasteiger partial charge is 0.494 e. The molecule has 1 aliphatic rings. The van der Waals surface area contributed by atoms with Crippen molar-refractivity contribution in [2.24, 2.45) is 5.73 Å². The summed E-state index contributed by atoms with van der Waals surface area (Å²) >= 11 is 6.12. The van der Waals surface area contributed by atoms with Gasteiger partial charge in [-0.15, -0.1) is 0 Å². The number of fused-ring (bicyclic) bond motifs is 2. The summed E-state index contributed by atoms with van der Waals surface area (Å²) in [7, 11) is 1.43. The summed E-state index contributed by atoms with van der Waals surface area (Å²) < 4.78 is 54.7. The number of nitrogens with one attached hydrogen (secondary N) is 1. The Balaban J connectivity index is 1.50. The van der Waals surface area contributed by atoms with Crippen LogP contribution in [0.25, 0.3) is 22.2 Å². The normalized spacial score (nSPS) is 16.7. The van der Waals surface area contributed by atoms with Gasteiger partial charge in [0.2, 0.25) is 5.91 Å². The van der Waals surface area contributed by atoms with Crippen LogP contribution < -0.4 is 20.5 Å². The summed E-state index contributed by atoms with van der Waals surface area (Å²) in [5, 5.41) is 16.0. The zero-order valence-electron chi connectivity index (χ0n) is 24.9. The molecule has 3 aromatic carbocycles. The van der Waals surface area contributed by atoms with E-state index in [-0.39, 0.29) is 40.4 Å². The van der Waals surface area contributed by atoms with Gasteiger partial charge in [0.15, 0.2) is 11.6 Å². The number of carbonyl (C=O) groups excluding carboxylic acids is 2. The fourth-order valence-corrected chi connectivity index (χ4v) is 5.69. The summed E-state index contributed by atoms with van der Waals surface area (Å²) in [6, 6.07) is 15.2. The lowest BCUT2D eigenvalue weighted by atomic mass is 9.80. The molecule has 2 atom stereocenters. The molecule has 0 saturated carbocycles. The first-order chi connectivity index (χ1) is 22.4. The molecule has 3 heterocycles. The molecule has 0 fully saturated rings. The number of aromatic nitrogens is 2. The SMILES string of the molecule is COc1cc(C(=O)NC[C@@](O)(c2ccccc2)c2cc3c(c(-c4cc(F)c(F)cc4F)n2)OC[C@]3(C)C(N)=O)cc2cc(Cl)cnc12. The van der Waals surface area contributed by atoms with Crippen molar-refractivity contribution in [3.8, 4) is 22.8 Å². The number of primary amides is 1. The van der Waals surface area contributed by atoms with Crippen molar-refractivity contribution in [2.45, 2.75) is 17.9 Å². The molecule has 47 heavy (non-hydrogen) atoms. The predicted octanol–water partition coefficient (Wildman–Crippen LogP) is 5.18. The van der Waals surface area contributed by atoms with Crippen LogP contribution in [-0.2, 0) is 15.8 Å². The quantitative estimate of drug-likeness (QED) is 0.195. The molecular formula is C34H26ClF3N4O5. The third-order valence-corrected chi connectivity index (χ3v) is 8.47. The van der Waals surface area contributed by atoms with E-state index in [1.807, 2.05) is 0 Å². The zero-order valence-corrected chi connectivity index (χ0v) is 25.7. The molecule has 0 aliphatic carbocycles. The maximum atomic E-state index is 15.2. The van der Waals surface area contributed by atoms with Gasteiger partial charge in [-0.1, -0.05) is 41.9 Å². The summed E-state index contributed by atoms with van der Waals surface area (Å²) in [4.78, 5) is 35.0. The molecular weight excluding hydrogens is 637 g/mol. The first kappa shape index (κ1) is 31.8. The Bertz CT molecular complexity index is 2080. The first-order valence-electron chi connectivity index (χ1n) is 14.2. The average Bonchev–Trinajstić information content (AvgIpc) is 3.42. The molecule has 5 aromatic rings. The van der Waals surface area contributed by atoms with Crippen molar-refractivity contribution in [3.05, 3.63) is 118 Å². The van der Waals surface area contributed by atoms with Gasteiger partial charge < -0.3 is 25.6 Å². The van der Waals surface area contributed by atoms with Gasteiger partial charge in [-0.3, -0.25) is 14.6 Å². The minimum absolute atomic E-state index is 0.0880. The van der Waals surface area contributed by atoms with Crippen LogP contribution in [0.3, 0.4) is 0 Å². The third kappa shape index (κ3) is 5.49. The van der Waals surface area contributed by atoms with Gasteiger partial charge in [0.25, 0.3) is 5.91 Å². The van der Waals surface area contributed by atoms with Crippen molar-refractivity contribution in [1.82, 2.24) is 15.3 Å². The van der Waals surface area contributed by atoms with Crippen LogP contribution in [0.1, 0.15) is 34.1 Å². The number of carbonyl (C=O) groups is 2. The van der Waals surface area contributed by atoms with Crippen molar-refractivity contribution in [2.75, 3.05) is 20.3 Å². The summed E-state index contributed by atoms with van der Waals surface area (Å²) in [6.07, 6.45) is 1.45. The summed E-state index contributed by atoms with van der Waals surface area (Å²) in [6.45, 7) is 0.752. The van der Waals surface area contributed by atoms with Gasteiger partial charge in [0.1, 0.15) is 46.1 Å². The average molecular weight is 663 g/mol. The number of aliphatic hydroxyl groups is 1. The highest BCUT2D eigenvalue weighted by Gasteiger charge is 2.46. The van der Waals surface area contributed by atoms with Gasteiger partial charge >= 0.3 is 0 Å².